The Morgan fingerprint density at radius 3 is 0.723 bits per heavy atom. The molecule has 11 heteroatoms. The maximum Gasteiger partial charge on any atom is 0.0476 e. The standard InChI is InChI=1S/C54H37N3S2.C36H24N2S2.C18H14BrN/c1-5-15-38(16-6-1)55(39-17-7-2-8-18-39)42-25-27-43(28-26-42)57(45-31-33-52-49(36-45)47-23-13-14-24-51(47)58-52)46-29-32-48-50-35-44(30-34-53(50)59-54(48)37-46)56(40-19-9-3-10-20-40)41-21-11-4-12-22-41;1-3-9-26(10-4-1)38(27-11-5-2-6-12-27)28-17-20-35-32(23-28)30-18-15-25(22-36(30)40-35)37-24-16-19-34-31(21-24)29-13-7-8-14-33(29)39-34;19-15-11-13-18(14-12-15)20(16-7-3-1-4-8-16)17-9-5-2-6-10-17/h1-37H;1-23,37H;1-14H. The van der Waals surface area contributed by atoms with Crippen LogP contribution in [0.15, 0.2) is 453 Å². The van der Waals surface area contributed by atoms with E-state index in [1.54, 1.807) is 0 Å². The molecule has 0 aliphatic rings. The van der Waals surface area contributed by atoms with E-state index in [0.29, 0.717) is 0 Å². The van der Waals surface area contributed by atoms with E-state index in [0.717, 1.165) is 101 Å². The van der Waals surface area contributed by atoms with Crippen LogP contribution < -0.4 is 29.8 Å². The van der Waals surface area contributed by atoms with Gasteiger partial charge >= 0.3 is 0 Å². The van der Waals surface area contributed by atoms with Crippen LogP contribution in [0.1, 0.15) is 0 Å². The van der Waals surface area contributed by atoms with Crippen LogP contribution in [0.2, 0.25) is 0 Å². The number of halogens is 1. The van der Waals surface area contributed by atoms with Crippen LogP contribution in [-0.4, -0.2) is 0 Å². The summed E-state index contributed by atoms with van der Waals surface area (Å²) in [6.45, 7) is 0. The Morgan fingerprint density at radius 2 is 0.361 bits per heavy atom. The van der Waals surface area contributed by atoms with Gasteiger partial charge in [-0.15, -0.1) is 45.3 Å². The fraction of sp³-hybridized carbons (Fsp3) is 0. The number of benzene rings is 18. The molecule has 0 aliphatic heterocycles. The van der Waals surface area contributed by atoms with Gasteiger partial charge in [-0.25, -0.2) is 0 Å². The van der Waals surface area contributed by atoms with Gasteiger partial charge in [0.2, 0.25) is 0 Å². The van der Waals surface area contributed by atoms with E-state index in [1.807, 2.05) is 57.5 Å². The average Bonchev–Trinajstić information content (AvgIpc) is 1.64. The SMILES string of the molecule is Brc1ccc(N(c2ccccc2)c2ccccc2)cc1.c1ccc(N(c2ccccc2)c2ccc(N(c3ccc4c(c3)sc3ccc(N(c5ccccc5)c5ccccc5)cc34)c3ccc4sc5ccccc5c4c3)cc2)cc1.c1ccc(N(c2ccccc2)c2ccc3sc4cc(Nc5ccc6sc7ccccc7c6c5)ccc4c3c2)cc1. The Labute approximate surface area is 715 Å². The molecule has 1 N–H and O–H groups in total. The number of nitrogens with one attached hydrogen (secondary N) is 1. The lowest BCUT2D eigenvalue weighted by atomic mass is 10.1. The molecule has 0 spiro atoms. The van der Waals surface area contributed by atoms with Crippen molar-refractivity contribution in [2.75, 3.05) is 29.8 Å². The zero-order valence-electron chi connectivity index (χ0n) is 64.5. The minimum Gasteiger partial charge on any atom is -0.355 e. The molecule has 0 unspecified atom stereocenters. The zero-order valence-corrected chi connectivity index (χ0v) is 69.3. The molecule has 0 bridgehead atoms. The predicted octanol–water partition coefficient (Wildman–Crippen LogP) is 34.4. The second-order valence-electron chi connectivity index (χ2n) is 29.0. The van der Waals surface area contributed by atoms with Crippen LogP contribution in [-0.2, 0) is 0 Å². The molecule has 18 aromatic carbocycles. The minimum absolute atomic E-state index is 1.09. The van der Waals surface area contributed by atoms with E-state index in [-0.39, 0.29) is 0 Å². The number of fused-ring (bicyclic) bond motifs is 12. The predicted molar refractivity (Wildman–Crippen MR) is 522 cm³/mol. The normalized spacial score (nSPS) is 11.2. The Kier molecular flexibility index (Phi) is 20.8. The van der Waals surface area contributed by atoms with Crippen molar-refractivity contribution in [2.45, 2.75) is 0 Å². The van der Waals surface area contributed by atoms with Crippen LogP contribution in [0.5, 0.6) is 0 Å². The van der Waals surface area contributed by atoms with Crippen molar-refractivity contribution in [3.05, 3.63) is 453 Å². The first-order chi connectivity index (χ1) is 58.9. The molecule has 119 heavy (non-hydrogen) atoms. The largest absolute Gasteiger partial charge is 0.355 e. The molecule has 0 fully saturated rings. The molecular formula is C108H75BrN6S4. The summed E-state index contributed by atoms with van der Waals surface area (Å²) < 4.78 is 11.4. The molecule has 0 aliphatic carbocycles. The van der Waals surface area contributed by atoms with Crippen molar-refractivity contribution in [1.82, 2.24) is 0 Å². The highest BCUT2D eigenvalue weighted by molar-refractivity contribution is 9.10. The van der Waals surface area contributed by atoms with Gasteiger partial charge in [0, 0.05) is 182 Å². The van der Waals surface area contributed by atoms with Crippen molar-refractivity contribution in [1.29, 1.82) is 0 Å². The molecule has 22 rings (SSSR count). The number of para-hydroxylation sites is 8. The maximum absolute atomic E-state index is 3.66. The highest BCUT2D eigenvalue weighted by Gasteiger charge is 2.22. The van der Waals surface area contributed by atoms with E-state index in [1.165, 1.54) is 80.7 Å². The summed E-state index contributed by atoms with van der Waals surface area (Å²) in [5.74, 6) is 0. The van der Waals surface area contributed by atoms with Gasteiger partial charge in [0.05, 0.1) is 0 Å². The van der Waals surface area contributed by atoms with Gasteiger partial charge in [0.25, 0.3) is 0 Å². The number of hydrogen-bond donors (Lipinski definition) is 1. The average molecular weight is 1670 g/mol. The minimum atomic E-state index is 1.09. The van der Waals surface area contributed by atoms with E-state index in [4.69, 9.17) is 0 Å². The molecule has 568 valence electrons. The number of anilines is 17. The lowest BCUT2D eigenvalue weighted by Gasteiger charge is -2.28. The van der Waals surface area contributed by atoms with Crippen molar-refractivity contribution in [3.8, 4) is 0 Å². The van der Waals surface area contributed by atoms with Crippen LogP contribution in [0, 0.1) is 0 Å². The van der Waals surface area contributed by atoms with Crippen LogP contribution in [0.25, 0.3) is 80.7 Å². The highest BCUT2D eigenvalue weighted by Crippen LogP contribution is 2.49. The Morgan fingerprint density at radius 1 is 0.151 bits per heavy atom. The molecular weight excluding hydrogens is 1590 g/mol. The lowest BCUT2D eigenvalue weighted by molar-refractivity contribution is 1.26. The van der Waals surface area contributed by atoms with Gasteiger partial charge in [-0.05, 0) is 255 Å². The summed E-state index contributed by atoms with van der Waals surface area (Å²) in [6.07, 6.45) is 0. The fourth-order valence-electron chi connectivity index (χ4n) is 16.0. The molecule has 0 amide bonds. The smallest absolute Gasteiger partial charge is 0.0476 e. The first-order valence-electron chi connectivity index (χ1n) is 39.7. The summed E-state index contributed by atoms with van der Waals surface area (Å²) in [5.41, 5.74) is 19.2. The summed E-state index contributed by atoms with van der Waals surface area (Å²) in [7, 11) is 0. The summed E-state index contributed by atoms with van der Waals surface area (Å²) in [5, 5.41) is 13.9. The number of hydrogen-bond acceptors (Lipinski definition) is 10. The quantitative estimate of drug-likeness (QED) is 0.0977. The van der Waals surface area contributed by atoms with Crippen LogP contribution >= 0.6 is 61.3 Å². The van der Waals surface area contributed by atoms with E-state index in [2.05, 4.69) is 483 Å². The molecule has 0 radical (unpaired) electrons. The first-order valence-corrected chi connectivity index (χ1v) is 43.7. The van der Waals surface area contributed by atoms with Gasteiger partial charge in [-0.1, -0.05) is 210 Å². The van der Waals surface area contributed by atoms with Crippen LogP contribution in [0.3, 0.4) is 0 Å². The van der Waals surface area contributed by atoms with Crippen LogP contribution in [0.4, 0.5) is 96.7 Å². The fourth-order valence-corrected chi connectivity index (χ4v) is 20.7. The molecule has 4 heterocycles. The van der Waals surface area contributed by atoms with E-state index >= 15 is 0 Å². The van der Waals surface area contributed by atoms with Gasteiger partial charge in [-0.3, -0.25) is 0 Å². The van der Waals surface area contributed by atoms with Gasteiger partial charge in [0.1, 0.15) is 0 Å². The monoisotopic (exact) mass is 1660 g/mol. The lowest BCUT2D eigenvalue weighted by Crippen LogP contribution is -2.12. The molecule has 0 saturated carbocycles. The topological polar surface area (TPSA) is 28.2 Å². The van der Waals surface area contributed by atoms with Crippen molar-refractivity contribution < 1.29 is 0 Å². The Bertz CT molecular complexity index is 7120. The highest BCUT2D eigenvalue weighted by atomic mass is 79.9. The van der Waals surface area contributed by atoms with E-state index in [9.17, 15) is 0 Å². The van der Waals surface area contributed by atoms with E-state index < -0.39 is 0 Å². The third-order valence-electron chi connectivity index (χ3n) is 21.5. The van der Waals surface area contributed by atoms with Crippen molar-refractivity contribution >= 4 is 239 Å². The Balaban J connectivity index is 0.000000129. The second kappa shape index (κ2) is 33.4. The second-order valence-corrected chi connectivity index (χ2v) is 34.3. The van der Waals surface area contributed by atoms with Crippen molar-refractivity contribution in [2.24, 2.45) is 0 Å². The summed E-state index contributed by atoms with van der Waals surface area (Å²) in [6, 6.07) is 160. The maximum atomic E-state index is 3.66. The number of nitrogens with zero attached hydrogens (tertiary/aromatic N) is 5. The summed E-state index contributed by atoms with van der Waals surface area (Å²) in [4.78, 5) is 11.6. The Hall–Kier alpha value is -13.9. The van der Waals surface area contributed by atoms with Gasteiger partial charge in [0.15, 0.2) is 0 Å². The summed E-state index contributed by atoms with van der Waals surface area (Å²) >= 11 is 10.9. The molecule has 0 saturated heterocycles. The molecule has 4 aromatic heterocycles. The zero-order chi connectivity index (χ0) is 79.4. The first kappa shape index (κ1) is 74.0. The van der Waals surface area contributed by atoms with Gasteiger partial charge < -0.3 is 29.8 Å². The molecule has 0 atom stereocenters. The number of rotatable bonds is 17. The molecule has 6 nitrogen and oxygen atoms in total. The third kappa shape index (κ3) is 15.3. The van der Waals surface area contributed by atoms with Crippen molar-refractivity contribution in [3.63, 3.8) is 0 Å². The molecule has 22 aromatic rings. The third-order valence-corrected chi connectivity index (χ3v) is 26.6. The number of thiophene rings is 4. The van der Waals surface area contributed by atoms with Gasteiger partial charge in [-0.2, -0.15) is 0 Å².